The number of benzene rings is 2. The Kier molecular flexibility index (Phi) is 3.70. The van der Waals surface area contributed by atoms with Crippen LogP contribution in [-0.2, 0) is 0 Å². The zero-order valence-corrected chi connectivity index (χ0v) is 12.8. The molecule has 0 aliphatic carbocycles. The maximum absolute atomic E-state index is 12.6. The van der Waals surface area contributed by atoms with Gasteiger partial charge in [0.2, 0.25) is 0 Å². The Morgan fingerprint density at radius 2 is 1.95 bits per heavy atom. The second-order valence-corrected chi connectivity index (χ2v) is 5.65. The molecule has 0 aliphatic heterocycles. The van der Waals surface area contributed by atoms with Crippen LogP contribution < -0.4 is 0 Å². The lowest BCUT2D eigenvalue weighted by Gasteiger charge is -2.14. The van der Waals surface area contributed by atoms with Gasteiger partial charge in [-0.05, 0) is 37.3 Å². The van der Waals surface area contributed by atoms with E-state index in [1.807, 2.05) is 35.8 Å². The summed E-state index contributed by atoms with van der Waals surface area (Å²) >= 11 is 12.0. The van der Waals surface area contributed by atoms with Crippen molar-refractivity contribution in [3.05, 3.63) is 64.4 Å². The van der Waals surface area contributed by atoms with Crippen molar-refractivity contribution in [3.8, 4) is 0 Å². The van der Waals surface area contributed by atoms with E-state index < -0.39 is 6.04 Å². The number of aromatic nitrogens is 2. The zero-order chi connectivity index (χ0) is 15.0. The van der Waals surface area contributed by atoms with Crippen molar-refractivity contribution in [1.29, 1.82) is 0 Å². The number of carbonyl (C=O) groups excluding carboxylic acids is 1. The predicted molar refractivity (Wildman–Crippen MR) is 85.2 cm³/mol. The molecule has 21 heavy (non-hydrogen) atoms. The van der Waals surface area contributed by atoms with Crippen LogP contribution >= 0.6 is 23.2 Å². The molecular weight excluding hydrogens is 307 g/mol. The largest absolute Gasteiger partial charge is 0.320 e. The molecule has 1 heterocycles. The van der Waals surface area contributed by atoms with Crippen molar-refractivity contribution in [2.45, 2.75) is 13.0 Å². The number of halogens is 2. The fourth-order valence-corrected chi connectivity index (χ4v) is 2.83. The Morgan fingerprint density at radius 3 is 2.71 bits per heavy atom. The number of fused-ring (bicyclic) bond motifs is 1. The molecule has 0 amide bonds. The fraction of sp³-hybridized carbons (Fsp3) is 0.125. The average molecular weight is 319 g/mol. The molecule has 1 unspecified atom stereocenters. The Balaban J connectivity index is 2.01. The number of imidazole rings is 1. The molecule has 0 fully saturated rings. The van der Waals surface area contributed by atoms with Crippen molar-refractivity contribution in [3.63, 3.8) is 0 Å². The quantitative estimate of drug-likeness (QED) is 0.651. The van der Waals surface area contributed by atoms with Gasteiger partial charge in [-0.25, -0.2) is 4.98 Å². The van der Waals surface area contributed by atoms with Crippen LogP contribution in [0, 0.1) is 0 Å². The molecule has 3 rings (SSSR count). The van der Waals surface area contributed by atoms with E-state index >= 15 is 0 Å². The lowest BCUT2D eigenvalue weighted by atomic mass is 10.1. The van der Waals surface area contributed by atoms with Crippen molar-refractivity contribution in [2.24, 2.45) is 0 Å². The third-order valence-electron chi connectivity index (χ3n) is 3.47. The number of ketones is 1. The lowest BCUT2D eigenvalue weighted by molar-refractivity contribution is 0.0937. The van der Waals surface area contributed by atoms with E-state index in [9.17, 15) is 4.79 Å². The standard InChI is InChI=1S/C16H12Cl2N2O/c1-10(16(21)12-7-6-11(17)8-13(12)18)20-9-19-14-4-2-3-5-15(14)20/h2-10H,1H3. The molecule has 3 nitrogen and oxygen atoms in total. The molecule has 1 atom stereocenters. The van der Waals surface area contributed by atoms with Crippen LogP contribution in [0.3, 0.4) is 0 Å². The van der Waals surface area contributed by atoms with Gasteiger partial charge < -0.3 is 4.57 Å². The van der Waals surface area contributed by atoms with Crippen LogP contribution in [0.2, 0.25) is 10.0 Å². The summed E-state index contributed by atoms with van der Waals surface area (Å²) in [5.41, 5.74) is 2.24. The number of carbonyl (C=O) groups is 1. The number of nitrogens with zero attached hydrogens (tertiary/aromatic N) is 2. The first kappa shape index (κ1) is 14.1. The van der Waals surface area contributed by atoms with E-state index in [1.165, 1.54) is 0 Å². The van der Waals surface area contributed by atoms with Crippen molar-refractivity contribution in [2.75, 3.05) is 0 Å². The minimum Gasteiger partial charge on any atom is -0.320 e. The number of hydrogen-bond donors (Lipinski definition) is 0. The van der Waals surface area contributed by atoms with Gasteiger partial charge in [-0.3, -0.25) is 4.79 Å². The van der Waals surface area contributed by atoms with E-state index in [1.54, 1.807) is 24.5 Å². The van der Waals surface area contributed by atoms with Gasteiger partial charge in [0.05, 0.1) is 28.4 Å². The second kappa shape index (κ2) is 5.51. The maximum Gasteiger partial charge on any atom is 0.186 e. The highest BCUT2D eigenvalue weighted by atomic mass is 35.5. The van der Waals surface area contributed by atoms with Crippen molar-refractivity contribution >= 4 is 40.0 Å². The van der Waals surface area contributed by atoms with E-state index in [4.69, 9.17) is 23.2 Å². The molecule has 2 aromatic carbocycles. The van der Waals surface area contributed by atoms with Gasteiger partial charge >= 0.3 is 0 Å². The van der Waals surface area contributed by atoms with Crippen LogP contribution in [0.15, 0.2) is 48.8 Å². The summed E-state index contributed by atoms with van der Waals surface area (Å²) in [6.07, 6.45) is 1.68. The molecule has 0 radical (unpaired) electrons. The minimum absolute atomic E-state index is 0.0696. The molecule has 0 aliphatic rings. The van der Waals surface area contributed by atoms with Crippen LogP contribution in [0.25, 0.3) is 11.0 Å². The normalized spacial score (nSPS) is 12.5. The first-order valence-electron chi connectivity index (χ1n) is 6.49. The summed E-state index contributed by atoms with van der Waals surface area (Å²) in [4.78, 5) is 17.0. The fourth-order valence-electron chi connectivity index (χ4n) is 2.33. The summed E-state index contributed by atoms with van der Waals surface area (Å²) in [5.74, 6) is -0.0696. The molecule has 0 saturated carbocycles. The lowest BCUT2D eigenvalue weighted by Crippen LogP contribution is -2.16. The third-order valence-corrected chi connectivity index (χ3v) is 4.02. The molecule has 0 bridgehead atoms. The van der Waals surface area contributed by atoms with Crippen LogP contribution in [0.1, 0.15) is 23.3 Å². The average Bonchev–Trinajstić information content (AvgIpc) is 2.90. The topological polar surface area (TPSA) is 34.9 Å². The highest BCUT2D eigenvalue weighted by molar-refractivity contribution is 6.37. The van der Waals surface area contributed by atoms with Crippen LogP contribution in [0.5, 0.6) is 0 Å². The van der Waals surface area contributed by atoms with E-state index in [0.717, 1.165) is 11.0 Å². The molecule has 0 saturated heterocycles. The maximum atomic E-state index is 12.6. The van der Waals surface area contributed by atoms with Gasteiger partial charge in [0.1, 0.15) is 0 Å². The molecular formula is C16H12Cl2N2O. The van der Waals surface area contributed by atoms with E-state index in [0.29, 0.717) is 15.6 Å². The molecule has 1 aromatic heterocycles. The molecule has 3 aromatic rings. The van der Waals surface area contributed by atoms with Gasteiger partial charge in [0.15, 0.2) is 5.78 Å². The SMILES string of the molecule is CC(C(=O)c1ccc(Cl)cc1Cl)n1cnc2ccccc21. The number of rotatable bonds is 3. The molecule has 5 heteroatoms. The molecule has 0 spiro atoms. The highest BCUT2D eigenvalue weighted by Crippen LogP contribution is 2.26. The smallest absolute Gasteiger partial charge is 0.186 e. The van der Waals surface area contributed by atoms with Gasteiger partial charge in [-0.15, -0.1) is 0 Å². The van der Waals surface area contributed by atoms with Gasteiger partial charge in [0.25, 0.3) is 0 Å². The number of Topliss-reactive ketones (excluding diaryl/α,β-unsaturated/α-hetero) is 1. The number of para-hydroxylation sites is 2. The second-order valence-electron chi connectivity index (χ2n) is 4.80. The summed E-state index contributed by atoms with van der Waals surface area (Å²) < 4.78 is 1.85. The molecule has 0 N–H and O–H groups in total. The Labute approximate surface area is 132 Å². The summed E-state index contributed by atoms with van der Waals surface area (Å²) in [6, 6.07) is 12.2. The zero-order valence-electron chi connectivity index (χ0n) is 11.3. The summed E-state index contributed by atoms with van der Waals surface area (Å²) in [6.45, 7) is 1.83. The van der Waals surface area contributed by atoms with Crippen molar-refractivity contribution in [1.82, 2.24) is 9.55 Å². The van der Waals surface area contributed by atoms with Gasteiger partial charge in [-0.2, -0.15) is 0 Å². The minimum atomic E-state index is -0.393. The highest BCUT2D eigenvalue weighted by Gasteiger charge is 2.21. The first-order valence-corrected chi connectivity index (χ1v) is 7.24. The Bertz CT molecular complexity index is 826. The van der Waals surface area contributed by atoms with E-state index in [-0.39, 0.29) is 5.78 Å². The molecule has 106 valence electrons. The van der Waals surface area contributed by atoms with Gasteiger partial charge in [0, 0.05) is 10.6 Å². The van der Waals surface area contributed by atoms with Gasteiger partial charge in [-0.1, -0.05) is 35.3 Å². The Morgan fingerprint density at radius 1 is 1.19 bits per heavy atom. The monoisotopic (exact) mass is 318 g/mol. The summed E-state index contributed by atoms with van der Waals surface area (Å²) in [7, 11) is 0. The van der Waals surface area contributed by atoms with E-state index in [2.05, 4.69) is 4.98 Å². The third kappa shape index (κ3) is 2.55. The Hall–Kier alpha value is -1.84. The van der Waals surface area contributed by atoms with Crippen LogP contribution in [0.4, 0.5) is 0 Å². The first-order chi connectivity index (χ1) is 10.1. The summed E-state index contributed by atoms with van der Waals surface area (Å²) in [5, 5.41) is 0.876. The predicted octanol–water partition coefficient (Wildman–Crippen LogP) is 4.79. The number of hydrogen-bond acceptors (Lipinski definition) is 2. The van der Waals surface area contributed by atoms with Crippen LogP contribution in [-0.4, -0.2) is 15.3 Å². The van der Waals surface area contributed by atoms with Crippen molar-refractivity contribution < 1.29 is 4.79 Å².